The van der Waals surface area contributed by atoms with Gasteiger partial charge in [0, 0.05) is 0 Å². The van der Waals surface area contributed by atoms with Crippen molar-refractivity contribution >= 4 is 6.03 Å². The molecule has 0 fully saturated rings. The Bertz CT molecular complexity index is 270. The van der Waals surface area contributed by atoms with Crippen LogP contribution in [0.5, 0.6) is 0 Å². The Hall–Kier alpha value is -1.46. The smallest absolute Gasteiger partial charge is 0.339 e. The van der Waals surface area contributed by atoms with Crippen molar-refractivity contribution in [3.8, 4) is 0 Å². The van der Waals surface area contributed by atoms with E-state index in [2.05, 4.69) is 5.10 Å². The average molecular weight is 161 g/mol. The number of amides is 1. The second-order valence-corrected chi connectivity index (χ2v) is 1.81. The largest absolute Gasteiger partial charge is 0.350 e. The van der Waals surface area contributed by atoms with E-state index in [9.17, 15) is 13.6 Å². The maximum atomic E-state index is 12.0. The first-order chi connectivity index (χ1) is 5.13. The summed E-state index contributed by atoms with van der Waals surface area (Å²) in [6, 6.07) is 0.0281. The van der Waals surface area contributed by atoms with Crippen LogP contribution < -0.4 is 5.73 Å². The number of halogens is 2. The van der Waals surface area contributed by atoms with Crippen molar-refractivity contribution in [1.82, 2.24) is 9.78 Å². The van der Waals surface area contributed by atoms with E-state index in [0.717, 1.165) is 12.3 Å². The Labute approximate surface area is 60.6 Å². The van der Waals surface area contributed by atoms with Crippen molar-refractivity contribution in [2.24, 2.45) is 5.73 Å². The molecule has 1 rings (SSSR count). The van der Waals surface area contributed by atoms with Gasteiger partial charge in [-0.15, -0.1) is 0 Å². The van der Waals surface area contributed by atoms with Crippen LogP contribution in [0.3, 0.4) is 0 Å². The molecule has 0 aromatic carbocycles. The summed E-state index contributed by atoms with van der Waals surface area (Å²) in [6.45, 7) is 0. The van der Waals surface area contributed by atoms with E-state index in [1.165, 1.54) is 0 Å². The van der Waals surface area contributed by atoms with E-state index in [0.29, 0.717) is 4.68 Å². The quantitative estimate of drug-likeness (QED) is 0.660. The summed E-state index contributed by atoms with van der Waals surface area (Å²) in [7, 11) is 0. The molecule has 0 radical (unpaired) electrons. The zero-order chi connectivity index (χ0) is 8.43. The molecule has 11 heavy (non-hydrogen) atoms. The van der Waals surface area contributed by atoms with Crippen molar-refractivity contribution in [1.29, 1.82) is 0 Å². The van der Waals surface area contributed by atoms with Gasteiger partial charge in [-0.2, -0.15) is 9.78 Å². The molecule has 0 bridgehead atoms. The van der Waals surface area contributed by atoms with Gasteiger partial charge in [-0.25, -0.2) is 13.6 Å². The van der Waals surface area contributed by atoms with Gasteiger partial charge < -0.3 is 5.73 Å². The maximum absolute atomic E-state index is 12.0. The molecule has 1 aromatic heterocycles. The van der Waals surface area contributed by atoms with Gasteiger partial charge in [0.05, 0.1) is 6.20 Å². The fraction of sp³-hybridized carbons (Fsp3) is 0.200. The van der Waals surface area contributed by atoms with Crippen molar-refractivity contribution in [2.45, 2.75) is 6.43 Å². The highest BCUT2D eigenvalue weighted by Crippen LogP contribution is 2.16. The Morgan fingerprint density at radius 1 is 1.73 bits per heavy atom. The summed E-state index contributed by atoms with van der Waals surface area (Å²) < 4.78 is 24.4. The monoisotopic (exact) mass is 161 g/mol. The number of aromatic nitrogens is 2. The van der Waals surface area contributed by atoms with E-state index in [4.69, 9.17) is 5.73 Å². The van der Waals surface area contributed by atoms with Gasteiger partial charge in [0.2, 0.25) is 0 Å². The number of carbonyl (C=O) groups excluding carboxylic acids is 1. The van der Waals surface area contributed by atoms with Crippen LogP contribution in [0.4, 0.5) is 13.6 Å². The topological polar surface area (TPSA) is 60.9 Å². The Morgan fingerprint density at radius 2 is 2.36 bits per heavy atom. The Kier molecular flexibility index (Phi) is 1.84. The highest BCUT2D eigenvalue weighted by molar-refractivity contribution is 5.74. The predicted octanol–water partition coefficient (Wildman–Crippen LogP) is 0.747. The summed E-state index contributed by atoms with van der Waals surface area (Å²) >= 11 is 0. The average Bonchev–Trinajstić information content (AvgIpc) is 2.32. The van der Waals surface area contributed by atoms with Crippen LogP contribution in [0.1, 0.15) is 12.1 Å². The van der Waals surface area contributed by atoms with Crippen molar-refractivity contribution in [2.75, 3.05) is 0 Å². The lowest BCUT2D eigenvalue weighted by molar-refractivity contribution is 0.141. The first-order valence-corrected chi connectivity index (χ1v) is 2.75. The van der Waals surface area contributed by atoms with Crippen LogP contribution in [0.2, 0.25) is 0 Å². The van der Waals surface area contributed by atoms with E-state index in [1.807, 2.05) is 0 Å². The molecule has 0 saturated heterocycles. The molecule has 60 valence electrons. The lowest BCUT2D eigenvalue weighted by Gasteiger charge is -1.99. The van der Waals surface area contributed by atoms with Crippen LogP contribution in [-0.4, -0.2) is 15.8 Å². The third kappa shape index (κ3) is 1.34. The van der Waals surface area contributed by atoms with Gasteiger partial charge in [0.1, 0.15) is 5.69 Å². The van der Waals surface area contributed by atoms with Crippen LogP contribution in [0.15, 0.2) is 12.3 Å². The maximum Gasteiger partial charge on any atom is 0.339 e. The van der Waals surface area contributed by atoms with E-state index < -0.39 is 18.2 Å². The van der Waals surface area contributed by atoms with Gasteiger partial charge in [-0.3, -0.25) is 0 Å². The van der Waals surface area contributed by atoms with Gasteiger partial charge in [0.15, 0.2) is 0 Å². The lowest BCUT2D eigenvalue weighted by atomic mass is 10.4. The zero-order valence-corrected chi connectivity index (χ0v) is 5.37. The molecular weight excluding hydrogens is 156 g/mol. The third-order valence-corrected chi connectivity index (χ3v) is 1.10. The predicted molar refractivity (Wildman–Crippen MR) is 32.2 cm³/mol. The summed E-state index contributed by atoms with van der Waals surface area (Å²) in [5.41, 5.74) is 4.24. The van der Waals surface area contributed by atoms with Gasteiger partial charge >= 0.3 is 6.03 Å². The van der Waals surface area contributed by atoms with Crippen LogP contribution in [-0.2, 0) is 0 Å². The molecule has 0 atom stereocenters. The van der Waals surface area contributed by atoms with E-state index in [1.54, 1.807) is 0 Å². The van der Waals surface area contributed by atoms with Crippen molar-refractivity contribution in [3.63, 3.8) is 0 Å². The second kappa shape index (κ2) is 2.65. The van der Waals surface area contributed by atoms with E-state index in [-0.39, 0.29) is 0 Å². The van der Waals surface area contributed by atoms with Crippen molar-refractivity contribution in [3.05, 3.63) is 18.0 Å². The van der Waals surface area contributed by atoms with E-state index >= 15 is 0 Å². The molecule has 4 nitrogen and oxygen atoms in total. The third-order valence-electron chi connectivity index (χ3n) is 1.10. The molecule has 0 spiro atoms. The summed E-state index contributed by atoms with van der Waals surface area (Å²) in [5, 5.41) is 3.30. The summed E-state index contributed by atoms with van der Waals surface area (Å²) in [6.07, 6.45) is -1.64. The highest BCUT2D eigenvalue weighted by atomic mass is 19.3. The van der Waals surface area contributed by atoms with Crippen LogP contribution in [0, 0.1) is 0 Å². The molecule has 1 heterocycles. The fourth-order valence-corrected chi connectivity index (χ4v) is 0.663. The number of nitrogens with two attached hydrogens (primary N) is 1. The molecule has 1 amide bonds. The Balaban J connectivity index is 3.06. The van der Waals surface area contributed by atoms with Crippen LogP contribution in [0.25, 0.3) is 0 Å². The summed E-state index contributed by atoms with van der Waals surface area (Å²) in [4.78, 5) is 10.4. The zero-order valence-electron chi connectivity index (χ0n) is 5.37. The molecule has 1 aromatic rings. The van der Waals surface area contributed by atoms with Gasteiger partial charge in [-0.1, -0.05) is 0 Å². The minimum absolute atomic E-state index is 0.463. The SMILES string of the molecule is NC(=O)n1nccc1C(F)F. The fourth-order valence-electron chi connectivity index (χ4n) is 0.663. The Morgan fingerprint density at radius 3 is 2.73 bits per heavy atom. The first-order valence-electron chi connectivity index (χ1n) is 2.75. The molecule has 0 unspecified atom stereocenters. The number of nitrogens with zero attached hydrogens (tertiary/aromatic N) is 2. The summed E-state index contributed by atoms with van der Waals surface area (Å²) in [5.74, 6) is 0. The molecule has 2 N–H and O–H groups in total. The number of primary amides is 1. The first kappa shape index (κ1) is 7.64. The molecule has 0 aliphatic rings. The molecular formula is C5H5F2N3O. The minimum Gasteiger partial charge on any atom is -0.350 e. The normalized spacial score (nSPS) is 10.5. The number of carbonyl (C=O) groups is 1. The highest BCUT2D eigenvalue weighted by Gasteiger charge is 2.15. The minimum atomic E-state index is -2.73. The number of hydrogen-bond donors (Lipinski definition) is 1. The van der Waals surface area contributed by atoms with Crippen LogP contribution >= 0.6 is 0 Å². The molecule has 6 heteroatoms. The lowest BCUT2D eigenvalue weighted by Crippen LogP contribution is -2.22. The number of rotatable bonds is 1. The number of hydrogen-bond acceptors (Lipinski definition) is 2. The molecule has 0 aliphatic carbocycles. The second-order valence-electron chi connectivity index (χ2n) is 1.81. The standard InChI is InChI=1S/C5H5F2N3O/c6-4(7)3-1-2-9-10(3)5(8)11/h1-2,4H,(H2,8,11). The van der Waals surface area contributed by atoms with Gasteiger partial charge in [0.25, 0.3) is 6.43 Å². The number of alkyl halides is 2. The van der Waals surface area contributed by atoms with Crippen molar-refractivity contribution < 1.29 is 13.6 Å². The molecule has 0 aliphatic heterocycles. The molecule has 0 saturated carbocycles. The van der Waals surface area contributed by atoms with Gasteiger partial charge in [-0.05, 0) is 6.07 Å².